The fraction of sp³-hybridized carbons (Fsp3) is 0.250. The van der Waals surface area contributed by atoms with E-state index in [9.17, 15) is 0 Å². The van der Waals surface area contributed by atoms with Crippen LogP contribution in [0.3, 0.4) is 0 Å². The molecule has 0 aliphatic heterocycles. The predicted molar refractivity (Wildman–Crippen MR) is 126 cm³/mol. The van der Waals surface area contributed by atoms with Gasteiger partial charge in [0.1, 0.15) is 0 Å². The van der Waals surface area contributed by atoms with Gasteiger partial charge in [-0.2, -0.15) is 0 Å². The molecule has 1 aromatic heterocycles. The molecule has 0 saturated carbocycles. The number of hydrogen-bond acceptors (Lipinski definition) is 2. The minimum Gasteiger partial charge on any atom is -0.343 e. The molecule has 0 spiro atoms. The summed E-state index contributed by atoms with van der Waals surface area (Å²) < 4.78 is 2.81. The molecule has 0 fully saturated rings. The lowest BCUT2D eigenvalue weighted by atomic mass is 10.1. The van der Waals surface area contributed by atoms with E-state index in [0.717, 1.165) is 6.42 Å². The van der Waals surface area contributed by atoms with Gasteiger partial charge >= 0.3 is 0 Å². The first kappa shape index (κ1) is 18.3. The van der Waals surface area contributed by atoms with E-state index in [1.165, 1.54) is 42.3 Å². The summed E-state index contributed by atoms with van der Waals surface area (Å²) in [6.45, 7) is 9.44. The number of nitrogens with zero attached hydrogens (tertiary/aromatic N) is 1. The Hall–Kier alpha value is -2.10. The van der Waals surface area contributed by atoms with Crippen LogP contribution in [0.1, 0.15) is 12.5 Å². The maximum Gasteiger partial charge on any atom is 0.0775 e. The summed E-state index contributed by atoms with van der Waals surface area (Å²) in [7, 11) is 0.921. The molecule has 0 radical (unpaired) electrons. The minimum absolute atomic E-state index is 1.08. The molecule has 0 atom stereocenters. The summed E-state index contributed by atoms with van der Waals surface area (Å²) in [4.78, 5) is 2.33. The Labute approximate surface area is 167 Å². The number of benzene rings is 3. The molecule has 0 bridgehead atoms. The summed E-state index contributed by atoms with van der Waals surface area (Å²) in [6, 6.07) is 22.6. The van der Waals surface area contributed by atoms with Crippen LogP contribution >= 0.6 is 11.3 Å². The molecule has 3 heteroatoms. The molecule has 138 valence electrons. The van der Waals surface area contributed by atoms with Crippen molar-refractivity contribution in [2.45, 2.75) is 33.0 Å². The normalized spacial score (nSPS) is 12.0. The quantitative estimate of drug-likeness (QED) is 0.342. The summed E-state index contributed by atoms with van der Waals surface area (Å²) in [5.41, 5.74) is 3.98. The summed E-state index contributed by atoms with van der Waals surface area (Å²) in [6.07, 6.45) is 1.08. The Morgan fingerprint density at radius 1 is 0.815 bits per heavy atom. The second-order valence-corrected chi connectivity index (χ2v) is 14.4. The largest absolute Gasteiger partial charge is 0.343 e. The Morgan fingerprint density at radius 3 is 2.07 bits per heavy atom. The van der Waals surface area contributed by atoms with E-state index < -0.39 is 8.07 Å². The van der Waals surface area contributed by atoms with E-state index in [4.69, 9.17) is 0 Å². The zero-order valence-electron chi connectivity index (χ0n) is 16.8. The third kappa shape index (κ3) is 3.19. The van der Waals surface area contributed by atoms with Crippen molar-refractivity contribution in [3.63, 3.8) is 0 Å². The Bertz CT molecular complexity index is 1100. The number of rotatable bonds is 4. The SMILES string of the molecule is CCc1cccc2c1sc1c(N(C)c3ccc([Si](C)(C)C)cc3)cccc12. The monoisotopic (exact) mass is 389 g/mol. The van der Waals surface area contributed by atoms with Crippen molar-refractivity contribution in [1.29, 1.82) is 0 Å². The van der Waals surface area contributed by atoms with E-state index in [1.807, 2.05) is 11.3 Å². The van der Waals surface area contributed by atoms with Crippen LogP contribution in [0.25, 0.3) is 20.2 Å². The summed E-state index contributed by atoms with van der Waals surface area (Å²) in [5, 5.41) is 4.26. The van der Waals surface area contributed by atoms with Gasteiger partial charge in [0.15, 0.2) is 0 Å². The number of aryl methyl sites for hydroxylation is 1. The van der Waals surface area contributed by atoms with Crippen molar-refractivity contribution in [3.8, 4) is 0 Å². The van der Waals surface area contributed by atoms with Crippen molar-refractivity contribution in [1.82, 2.24) is 0 Å². The fourth-order valence-electron chi connectivity index (χ4n) is 3.73. The molecular formula is C24H27NSSi. The maximum atomic E-state index is 2.40. The molecule has 4 rings (SSSR count). The van der Waals surface area contributed by atoms with Crippen LogP contribution in [0.5, 0.6) is 0 Å². The number of hydrogen-bond donors (Lipinski definition) is 0. The topological polar surface area (TPSA) is 3.24 Å². The van der Waals surface area contributed by atoms with Gasteiger partial charge in [-0.25, -0.2) is 0 Å². The van der Waals surface area contributed by atoms with Crippen LogP contribution in [0.4, 0.5) is 11.4 Å². The maximum absolute atomic E-state index is 2.40. The summed E-state index contributed by atoms with van der Waals surface area (Å²) in [5.74, 6) is 0. The van der Waals surface area contributed by atoms with E-state index in [-0.39, 0.29) is 0 Å². The van der Waals surface area contributed by atoms with Gasteiger partial charge < -0.3 is 4.90 Å². The highest BCUT2D eigenvalue weighted by Crippen LogP contribution is 2.42. The highest BCUT2D eigenvalue weighted by atomic mass is 32.1. The third-order valence-electron chi connectivity index (χ3n) is 5.45. The van der Waals surface area contributed by atoms with Gasteiger partial charge in [0.2, 0.25) is 0 Å². The van der Waals surface area contributed by atoms with E-state index in [1.54, 1.807) is 0 Å². The lowest BCUT2D eigenvalue weighted by Crippen LogP contribution is -2.37. The lowest BCUT2D eigenvalue weighted by Gasteiger charge is -2.22. The number of anilines is 2. The predicted octanol–water partition coefficient (Wildman–Crippen LogP) is 6.93. The van der Waals surface area contributed by atoms with Gasteiger partial charge in [-0.15, -0.1) is 11.3 Å². The molecule has 0 aliphatic carbocycles. The highest BCUT2D eigenvalue weighted by Gasteiger charge is 2.17. The summed E-state index contributed by atoms with van der Waals surface area (Å²) >= 11 is 1.94. The molecule has 1 heterocycles. The highest BCUT2D eigenvalue weighted by molar-refractivity contribution is 7.26. The molecule has 4 aromatic rings. The molecule has 0 unspecified atom stereocenters. The van der Waals surface area contributed by atoms with Crippen molar-refractivity contribution < 1.29 is 0 Å². The van der Waals surface area contributed by atoms with E-state index in [2.05, 4.69) is 99.2 Å². The standard InChI is InChI=1S/C24H27NSSi/c1-6-17-9-7-10-20-21-11-8-12-22(24(21)26-23(17)20)25(2)18-13-15-19(16-14-18)27(3,4)5/h7-16H,6H2,1-5H3. The average molecular weight is 390 g/mol. The Morgan fingerprint density at radius 2 is 1.44 bits per heavy atom. The van der Waals surface area contributed by atoms with Gasteiger partial charge in [0.05, 0.1) is 18.5 Å². The van der Waals surface area contributed by atoms with Crippen LogP contribution in [-0.2, 0) is 6.42 Å². The van der Waals surface area contributed by atoms with Crippen LogP contribution < -0.4 is 10.1 Å². The molecule has 3 aromatic carbocycles. The molecule has 0 saturated heterocycles. The first-order chi connectivity index (χ1) is 12.9. The number of fused-ring (bicyclic) bond motifs is 3. The van der Waals surface area contributed by atoms with Gasteiger partial charge in [-0.1, -0.05) is 74.2 Å². The third-order valence-corrected chi connectivity index (χ3v) is 8.83. The molecule has 0 N–H and O–H groups in total. The number of thiophene rings is 1. The van der Waals surface area contributed by atoms with Gasteiger partial charge in [-0.05, 0) is 30.2 Å². The Balaban J connectivity index is 1.83. The van der Waals surface area contributed by atoms with Crippen molar-refractivity contribution in [2.75, 3.05) is 11.9 Å². The second kappa shape index (κ2) is 6.81. The molecule has 0 amide bonds. The van der Waals surface area contributed by atoms with Gasteiger partial charge in [0.25, 0.3) is 0 Å². The van der Waals surface area contributed by atoms with Crippen molar-refractivity contribution in [2.24, 2.45) is 0 Å². The molecule has 1 nitrogen and oxygen atoms in total. The van der Waals surface area contributed by atoms with Crippen molar-refractivity contribution >= 4 is 56.1 Å². The average Bonchev–Trinajstić information content (AvgIpc) is 3.05. The second-order valence-electron chi connectivity index (χ2n) is 8.26. The van der Waals surface area contributed by atoms with Gasteiger partial charge in [0, 0.05) is 28.2 Å². The van der Waals surface area contributed by atoms with E-state index in [0.29, 0.717) is 0 Å². The zero-order chi connectivity index (χ0) is 19.2. The van der Waals surface area contributed by atoms with E-state index >= 15 is 0 Å². The molecule has 0 aliphatic rings. The van der Waals surface area contributed by atoms with Crippen molar-refractivity contribution in [3.05, 3.63) is 66.2 Å². The van der Waals surface area contributed by atoms with Crippen LogP contribution in [0.2, 0.25) is 19.6 Å². The van der Waals surface area contributed by atoms with Crippen LogP contribution in [-0.4, -0.2) is 15.1 Å². The fourth-order valence-corrected chi connectivity index (χ4v) is 6.33. The minimum atomic E-state index is -1.26. The first-order valence-corrected chi connectivity index (χ1v) is 14.0. The molecule has 27 heavy (non-hydrogen) atoms. The lowest BCUT2D eigenvalue weighted by molar-refractivity contribution is 1.16. The molecular weight excluding hydrogens is 362 g/mol. The van der Waals surface area contributed by atoms with Gasteiger partial charge in [-0.3, -0.25) is 0 Å². The smallest absolute Gasteiger partial charge is 0.0775 e. The first-order valence-electron chi connectivity index (χ1n) is 9.67. The Kier molecular flexibility index (Phi) is 4.61. The zero-order valence-corrected chi connectivity index (χ0v) is 18.7. The van der Waals surface area contributed by atoms with Crippen LogP contribution in [0.15, 0.2) is 60.7 Å². The van der Waals surface area contributed by atoms with Crippen LogP contribution in [0, 0.1) is 0 Å².